The average molecular weight is 394 g/mol. The lowest BCUT2D eigenvalue weighted by Crippen LogP contribution is -2.16. The molecule has 0 radical (unpaired) electrons. The zero-order valence-corrected chi connectivity index (χ0v) is 16.6. The third-order valence-electron chi connectivity index (χ3n) is 4.43. The number of anilines is 2. The van der Waals surface area contributed by atoms with E-state index in [0.717, 1.165) is 23.2 Å². The average Bonchev–Trinajstić information content (AvgIpc) is 2.70. The van der Waals surface area contributed by atoms with Crippen LogP contribution in [0.5, 0.6) is 0 Å². The molecule has 0 bridgehead atoms. The van der Waals surface area contributed by atoms with E-state index in [1.54, 1.807) is 24.3 Å². The molecule has 5 nitrogen and oxygen atoms in total. The van der Waals surface area contributed by atoms with Crippen molar-refractivity contribution in [2.24, 2.45) is 0 Å². The number of sulfonamides is 1. The van der Waals surface area contributed by atoms with Gasteiger partial charge in [0, 0.05) is 16.9 Å². The first-order chi connectivity index (χ1) is 13.4. The molecule has 0 saturated carbocycles. The second kappa shape index (κ2) is 8.27. The number of carbonyl (C=O) groups excluding carboxylic acids is 1. The van der Waals surface area contributed by atoms with Gasteiger partial charge >= 0.3 is 0 Å². The molecule has 0 atom stereocenters. The van der Waals surface area contributed by atoms with E-state index in [9.17, 15) is 13.2 Å². The van der Waals surface area contributed by atoms with E-state index in [1.165, 1.54) is 24.3 Å². The van der Waals surface area contributed by atoms with Gasteiger partial charge < -0.3 is 5.32 Å². The number of para-hydroxylation sites is 2. The van der Waals surface area contributed by atoms with Gasteiger partial charge in [-0.15, -0.1) is 0 Å². The molecule has 0 aliphatic carbocycles. The summed E-state index contributed by atoms with van der Waals surface area (Å²) < 4.78 is 27.5. The first kappa shape index (κ1) is 19.6. The Bertz CT molecular complexity index is 1080. The molecule has 28 heavy (non-hydrogen) atoms. The molecule has 0 aliphatic rings. The SMILES string of the molecule is CCc1cccc(C)c1NC(=O)c1ccc(S(=O)(=O)Nc2ccccc2)cc1. The van der Waals surface area contributed by atoms with Crippen LogP contribution in [0, 0.1) is 6.92 Å². The van der Waals surface area contributed by atoms with Gasteiger partial charge in [0.05, 0.1) is 4.90 Å². The molecule has 1 amide bonds. The summed E-state index contributed by atoms with van der Waals surface area (Å²) in [6.07, 6.45) is 0.805. The van der Waals surface area contributed by atoms with Crippen molar-refractivity contribution in [3.05, 3.63) is 89.5 Å². The van der Waals surface area contributed by atoms with Gasteiger partial charge in [-0.2, -0.15) is 0 Å². The lowest BCUT2D eigenvalue weighted by Gasteiger charge is -2.13. The molecule has 0 aromatic heterocycles. The van der Waals surface area contributed by atoms with Crippen LogP contribution >= 0.6 is 0 Å². The van der Waals surface area contributed by atoms with E-state index in [1.807, 2.05) is 38.1 Å². The Balaban J connectivity index is 1.78. The van der Waals surface area contributed by atoms with E-state index in [2.05, 4.69) is 10.0 Å². The van der Waals surface area contributed by atoms with E-state index in [0.29, 0.717) is 11.3 Å². The van der Waals surface area contributed by atoms with Crippen LogP contribution in [0.2, 0.25) is 0 Å². The molecule has 0 fully saturated rings. The Morgan fingerprint density at radius 1 is 0.893 bits per heavy atom. The fourth-order valence-electron chi connectivity index (χ4n) is 2.89. The van der Waals surface area contributed by atoms with Crippen molar-refractivity contribution in [1.29, 1.82) is 0 Å². The van der Waals surface area contributed by atoms with Crippen molar-refractivity contribution < 1.29 is 13.2 Å². The fraction of sp³-hybridized carbons (Fsp3) is 0.136. The largest absolute Gasteiger partial charge is 0.321 e. The maximum atomic E-state index is 12.6. The van der Waals surface area contributed by atoms with E-state index >= 15 is 0 Å². The van der Waals surface area contributed by atoms with E-state index in [4.69, 9.17) is 0 Å². The summed E-state index contributed by atoms with van der Waals surface area (Å²) in [7, 11) is -3.71. The molecule has 0 heterocycles. The van der Waals surface area contributed by atoms with E-state index in [-0.39, 0.29) is 10.8 Å². The Hall–Kier alpha value is -3.12. The molecule has 6 heteroatoms. The molecule has 2 N–H and O–H groups in total. The van der Waals surface area contributed by atoms with Crippen LogP contribution in [-0.2, 0) is 16.4 Å². The van der Waals surface area contributed by atoms with Gasteiger partial charge in [0.15, 0.2) is 0 Å². The highest BCUT2D eigenvalue weighted by Gasteiger charge is 2.16. The molecule has 0 saturated heterocycles. The molecule has 144 valence electrons. The molecule has 0 unspecified atom stereocenters. The normalized spacial score (nSPS) is 11.1. The summed E-state index contributed by atoms with van der Waals surface area (Å²) in [6, 6.07) is 20.4. The van der Waals surface area contributed by atoms with Gasteiger partial charge in [0.25, 0.3) is 15.9 Å². The van der Waals surface area contributed by atoms with Crippen LogP contribution in [-0.4, -0.2) is 14.3 Å². The molecule has 3 aromatic carbocycles. The number of hydrogen-bond donors (Lipinski definition) is 2. The van der Waals surface area contributed by atoms with Gasteiger partial charge in [0.2, 0.25) is 0 Å². The first-order valence-electron chi connectivity index (χ1n) is 8.98. The third kappa shape index (κ3) is 4.40. The quantitative estimate of drug-likeness (QED) is 0.641. The number of nitrogens with one attached hydrogen (secondary N) is 2. The number of amides is 1. The van der Waals surface area contributed by atoms with Gasteiger partial charge in [-0.05, 0) is 60.9 Å². The summed E-state index contributed by atoms with van der Waals surface area (Å²) in [6.45, 7) is 3.98. The van der Waals surface area contributed by atoms with Crippen LogP contribution in [0.1, 0.15) is 28.4 Å². The minimum atomic E-state index is -3.71. The lowest BCUT2D eigenvalue weighted by molar-refractivity contribution is 0.102. The topological polar surface area (TPSA) is 75.3 Å². The van der Waals surface area contributed by atoms with Gasteiger partial charge in [-0.3, -0.25) is 9.52 Å². The number of benzene rings is 3. The Labute approximate surface area is 165 Å². The van der Waals surface area contributed by atoms with Crippen molar-refractivity contribution in [2.75, 3.05) is 10.0 Å². The minimum absolute atomic E-state index is 0.0954. The maximum Gasteiger partial charge on any atom is 0.261 e. The molecular weight excluding hydrogens is 372 g/mol. The minimum Gasteiger partial charge on any atom is -0.321 e. The predicted molar refractivity (Wildman–Crippen MR) is 112 cm³/mol. The summed E-state index contributed by atoms with van der Waals surface area (Å²) in [4.78, 5) is 12.7. The standard InChI is InChI=1S/C22H22N2O3S/c1-3-17-9-7-8-16(2)21(17)23-22(25)18-12-14-20(15-13-18)28(26,27)24-19-10-5-4-6-11-19/h4-15,24H,3H2,1-2H3,(H,23,25). The van der Waals surface area contributed by atoms with Crippen LogP contribution in [0.4, 0.5) is 11.4 Å². The van der Waals surface area contributed by atoms with Crippen molar-refractivity contribution in [3.63, 3.8) is 0 Å². The summed E-state index contributed by atoms with van der Waals surface area (Å²) in [5, 5.41) is 2.94. The number of hydrogen-bond acceptors (Lipinski definition) is 3. The lowest BCUT2D eigenvalue weighted by atomic mass is 10.1. The van der Waals surface area contributed by atoms with Crippen molar-refractivity contribution in [2.45, 2.75) is 25.2 Å². The van der Waals surface area contributed by atoms with Crippen LogP contribution in [0.3, 0.4) is 0 Å². The highest BCUT2D eigenvalue weighted by Crippen LogP contribution is 2.22. The summed E-state index contributed by atoms with van der Waals surface area (Å²) >= 11 is 0. The van der Waals surface area contributed by atoms with Gasteiger partial charge in [-0.25, -0.2) is 8.42 Å². The van der Waals surface area contributed by atoms with Crippen molar-refractivity contribution in [3.8, 4) is 0 Å². The van der Waals surface area contributed by atoms with Crippen LogP contribution in [0.15, 0.2) is 77.7 Å². The summed E-state index contributed by atoms with van der Waals surface area (Å²) in [5.74, 6) is -0.274. The first-order valence-corrected chi connectivity index (χ1v) is 10.5. The van der Waals surface area contributed by atoms with Gasteiger partial charge in [-0.1, -0.05) is 43.3 Å². The third-order valence-corrected chi connectivity index (χ3v) is 5.83. The number of aryl methyl sites for hydroxylation is 2. The highest BCUT2D eigenvalue weighted by molar-refractivity contribution is 7.92. The molecule has 0 spiro atoms. The molecular formula is C22H22N2O3S. The van der Waals surface area contributed by atoms with Crippen molar-refractivity contribution in [1.82, 2.24) is 0 Å². The summed E-state index contributed by atoms with van der Waals surface area (Å²) in [5.41, 5.74) is 3.72. The second-order valence-corrected chi connectivity index (χ2v) is 8.10. The number of rotatable bonds is 6. The smallest absolute Gasteiger partial charge is 0.261 e. The Morgan fingerprint density at radius 3 is 2.21 bits per heavy atom. The Kier molecular flexibility index (Phi) is 5.80. The zero-order chi connectivity index (χ0) is 20.1. The maximum absolute atomic E-state index is 12.6. The zero-order valence-electron chi connectivity index (χ0n) is 15.8. The van der Waals surface area contributed by atoms with Crippen LogP contribution in [0.25, 0.3) is 0 Å². The highest BCUT2D eigenvalue weighted by atomic mass is 32.2. The predicted octanol–water partition coefficient (Wildman–Crippen LogP) is 4.61. The second-order valence-electron chi connectivity index (χ2n) is 6.41. The molecule has 3 aromatic rings. The fourth-order valence-corrected chi connectivity index (χ4v) is 3.95. The molecule has 0 aliphatic heterocycles. The van der Waals surface area contributed by atoms with E-state index < -0.39 is 10.0 Å². The van der Waals surface area contributed by atoms with Crippen molar-refractivity contribution >= 4 is 27.3 Å². The molecule has 3 rings (SSSR count). The van der Waals surface area contributed by atoms with Gasteiger partial charge in [0.1, 0.15) is 0 Å². The number of carbonyl (C=O) groups is 1. The Morgan fingerprint density at radius 2 is 1.57 bits per heavy atom. The monoisotopic (exact) mass is 394 g/mol. The van der Waals surface area contributed by atoms with Crippen LogP contribution < -0.4 is 10.0 Å².